The molecule has 0 bridgehead atoms. The van der Waals surface area contributed by atoms with Crippen LogP contribution in [0.3, 0.4) is 0 Å². The van der Waals surface area contributed by atoms with Crippen molar-refractivity contribution in [2.24, 2.45) is 0 Å². The second-order valence-corrected chi connectivity index (χ2v) is 4.88. The second-order valence-electron chi connectivity index (χ2n) is 4.88. The van der Waals surface area contributed by atoms with Gasteiger partial charge in [-0.15, -0.1) is 0 Å². The van der Waals surface area contributed by atoms with Crippen LogP contribution in [0.1, 0.15) is 34.6 Å². The average molecular weight is 382 g/mol. The Hall–Kier alpha value is -3.46. The minimum absolute atomic E-state index is 0.0153. The first-order valence-corrected chi connectivity index (χ1v) is 7.33. The Morgan fingerprint density at radius 1 is 0.889 bits per heavy atom. The van der Waals surface area contributed by atoms with Crippen LogP contribution in [0.15, 0.2) is 48.6 Å². The molecular formula is C18H22O9. The van der Waals surface area contributed by atoms with E-state index in [4.69, 9.17) is 20.4 Å². The predicted octanol–water partition coefficient (Wildman–Crippen LogP) is 1.83. The van der Waals surface area contributed by atoms with Crippen LogP contribution in [-0.2, 0) is 14.3 Å². The first-order chi connectivity index (χ1) is 12.4. The number of benzene rings is 1. The molecule has 0 unspecified atom stereocenters. The molecule has 27 heavy (non-hydrogen) atoms. The van der Waals surface area contributed by atoms with E-state index >= 15 is 0 Å². The first-order valence-electron chi connectivity index (χ1n) is 7.33. The van der Waals surface area contributed by atoms with Crippen molar-refractivity contribution in [2.45, 2.75) is 13.8 Å². The van der Waals surface area contributed by atoms with E-state index in [1.54, 1.807) is 6.07 Å². The van der Waals surface area contributed by atoms with Gasteiger partial charge in [-0.2, -0.15) is 0 Å². The van der Waals surface area contributed by atoms with Gasteiger partial charge in [0.15, 0.2) is 0 Å². The van der Waals surface area contributed by atoms with Gasteiger partial charge in [-0.3, -0.25) is 0 Å². The molecule has 1 aromatic carbocycles. The smallest absolute Gasteiger partial charge is 0.339 e. The quantitative estimate of drug-likeness (QED) is 0.425. The highest BCUT2D eigenvalue weighted by Crippen LogP contribution is 2.10. The molecule has 0 aliphatic heterocycles. The third-order valence-electron chi connectivity index (χ3n) is 2.43. The van der Waals surface area contributed by atoms with Crippen LogP contribution in [0, 0.1) is 0 Å². The van der Waals surface area contributed by atoms with Crippen LogP contribution in [-0.4, -0.2) is 57.5 Å². The van der Waals surface area contributed by atoms with Crippen molar-refractivity contribution < 1.29 is 44.3 Å². The summed E-state index contributed by atoms with van der Waals surface area (Å²) in [5.41, 5.74) is 0.226. The van der Waals surface area contributed by atoms with Crippen LogP contribution in [0.4, 0.5) is 0 Å². The van der Waals surface area contributed by atoms with Crippen molar-refractivity contribution in [1.82, 2.24) is 0 Å². The van der Waals surface area contributed by atoms with Crippen molar-refractivity contribution in [3.63, 3.8) is 0 Å². The van der Waals surface area contributed by atoms with Crippen molar-refractivity contribution in [3.05, 3.63) is 59.7 Å². The molecule has 4 N–H and O–H groups in total. The summed E-state index contributed by atoms with van der Waals surface area (Å²) in [6.07, 6.45) is 0. The normalized spacial score (nSPS) is 8.70. The molecule has 1 aromatic rings. The number of ether oxygens (including phenoxy) is 1. The summed E-state index contributed by atoms with van der Waals surface area (Å²) in [5, 5.41) is 33.0. The second kappa shape index (κ2) is 13.8. The van der Waals surface area contributed by atoms with E-state index in [1.165, 1.54) is 32.0 Å². The molecule has 0 aliphatic rings. The maximum absolute atomic E-state index is 11.3. The summed E-state index contributed by atoms with van der Waals surface area (Å²) in [4.78, 5) is 41.3. The predicted molar refractivity (Wildman–Crippen MR) is 95.7 cm³/mol. The molecule has 0 fully saturated rings. The van der Waals surface area contributed by atoms with E-state index in [9.17, 15) is 19.2 Å². The molecule has 0 amide bonds. The fraction of sp³-hybridized carbons (Fsp3) is 0.222. The van der Waals surface area contributed by atoms with E-state index in [1.807, 2.05) is 0 Å². The van der Waals surface area contributed by atoms with Gasteiger partial charge < -0.3 is 25.2 Å². The maximum Gasteiger partial charge on any atom is 0.339 e. The number of aliphatic hydroxyl groups is 1. The SMILES string of the molecule is C=C(C)C(=O)O.C=C(C)C(=O)O.O=C(O)c1ccccc1C(=O)OCCO. The molecule has 148 valence electrons. The van der Waals surface area contributed by atoms with Gasteiger partial charge in [0.2, 0.25) is 0 Å². The molecular weight excluding hydrogens is 360 g/mol. The molecule has 0 saturated carbocycles. The molecule has 0 aromatic heterocycles. The van der Waals surface area contributed by atoms with Crippen molar-refractivity contribution in [2.75, 3.05) is 13.2 Å². The zero-order chi connectivity index (χ0) is 21.6. The van der Waals surface area contributed by atoms with E-state index in [-0.39, 0.29) is 35.5 Å². The van der Waals surface area contributed by atoms with Crippen LogP contribution in [0.25, 0.3) is 0 Å². The zero-order valence-electron chi connectivity index (χ0n) is 15.0. The molecule has 0 atom stereocenters. The lowest BCUT2D eigenvalue weighted by molar-refractivity contribution is -0.133. The van der Waals surface area contributed by atoms with Crippen LogP contribution < -0.4 is 0 Å². The van der Waals surface area contributed by atoms with E-state index in [2.05, 4.69) is 17.9 Å². The molecule has 0 aliphatic carbocycles. The average Bonchev–Trinajstić information content (AvgIpc) is 2.60. The molecule has 9 nitrogen and oxygen atoms in total. The largest absolute Gasteiger partial charge is 0.478 e. The van der Waals surface area contributed by atoms with Gasteiger partial charge in [0.1, 0.15) is 6.61 Å². The van der Waals surface area contributed by atoms with Crippen LogP contribution >= 0.6 is 0 Å². The topological polar surface area (TPSA) is 158 Å². The molecule has 1 rings (SSSR count). The summed E-state index contributed by atoms with van der Waals surface area (Å²) in [5.74, 6) is -3.81. The Balaban J connectivity index is 0. The third kappa shape index (κ3) is 12.5. The van der Waals surface area contributed by atoms with E-state index in [0.717, 1.165) is 0 Å². The summed E-state index contributed by atoms with van der Waals surface area (Å²) in [6, 6.07) is 5.75. The number of carboxylic acids is 3. The maximum atomic E-state index is 11.3. The highest BCUT2D eigenvalue weighted by molar-refractivity contribution is 6.02. The summed E-state index contributed by atoms with van der Waals surface area (Å²) < 4.78 is 4.62. The number of carbonyl (C=O) groups is 4. The van der Waals surface area contributed by atoms with E-state index in [0.29, 0.717) is 0 Å². The number of aliphatic carboxylic acids is 2. The number of hydrogen-bond acceptors (Lipinski definition) is 6. The Labute approximate surface area is 155 Å². The number of aliphatic hydroxyl groups excluding tert-OH is 1. The first kappa shape index (κ1) is 25.8. The number of esters is 1. The van der Waals surface area contributed by atoms with Gasteiger partial charge in [0.05, 0.1) is 17.7 Å². The van der Waals surface area contributed by atoms with Crippen molar-refractivity contribution in [3.8, 4) is 0 Å². The fourth-order valence-electron chi connectivity index (χ4n) is 1.06. The van der Waals surface area contributed by atoms with Gasteiger partial charge in [-0.05, 0) is 26.0 Å². The van der Waals surface area contributed by atoms with Gasteiger partial charge >= 0.3 is 23.9 Å². The fourth-order valence-corrected chi connectivity index (χ4v) is 1.06. The Kier molecular flexibility index (Phi) is 13.2. The molecule has 9 heteroatoms. The van der Waals surface area contributed by atoms with Crippen molar-refractivity contribution >= 4 is 23.9 Å². The standard InChI is InChI=1S/C10H10O5.2C4H6O2/c11-5-6-15-10(14)8-4-2-1-3-7(8)9(12)13;2*1-3(2)4(5)6/h1-4,11H,5-6H2,(H,12,13);2*1H2,2H3,(H,5,6). The number of rotatable bonds is 6. The lowest BCUT2D eigenvalue weighted by Crippen LogP contribution is -2.13. The summed E-state index contributed by atoms with van der Waals surface area (Å²) in [7, 11) is 0. The molecule has 0 spiro atoms. The van der Waals surface area contributed by atoms with Gasteiger partial charge in [0, 0.05) is 11.1 Å². The Bertz CT molecular complexity index is 657. The Morgan fingerprint density at radius 3 is 1.56 bits per heavy atom. The summed E-state index contributed by atoms with van der Waals surface area (Å²) >= 11 is 0. The molecule has 0 saturated heterocycles. The number of hydrogen-bond donors (Lipinski definition) is 4. The van der Waals surface area contributed by atoms with Crippen molar-refractivity contribution in [1.29, 1.82) is 0 Å². The third-order valence-corrected chi connectivity index (χ3v) is 2.43. The number of aromatic carboxylic acids is 1. The monoisotopic (exact) mass is 382 g/mol. The van der Waals surface area contributed by atoms with Crippen LogP contribution in [0.2, 0.25) is 0 Å². The van der Waals surface area contributed by atoms with Gasteiger partial charge in [0.25, 0.3) is 0 Å². The van der Waals surface area contributed by atoms with Crippen LogP contribution in [0.5, 0.6) is 0 Å². The van der Waals surface area contributed by atoms with Gasteiger partial charge in [-0.1, -0.05) is 25.3 Å². The minimum Gasteiger partial charge on any atom is -0.478 e. The van der Waals surface area contributed by atoms with Gasteiger partial charge in [-0.25, -0.2) is 19.2 Å². The molecule has 0 heterocycles. The zero-order valence-corrected chi connectivity index (χ0v) is 15.0. The Morgan fingerprint density at radius 2 is 1.26 bits per heavy atom. The lowest BCUT2D eigenvalue weighted by atomic mass is 10.1. The number of carbonyl (C=O) groups excluding carboxylic acids is 1. The highest BCUT2D eigenvalue weighted by Gasteiger charge is 2.16. The number of carboxylic acid groups (broad SMARTS) is 3. The van der Waals surface area contributed by atoms with E-state index < -0.39 is 23.9 Å². The lowest BCUT2D eigenvalue weighted by Gasteiger charge is -2.05. The molecule has 0 radical (unpaired) electrons. The summed E-state index contributed by atoms with van der Waals surface area (Å²) in [6.45, 7) is 8.77. The highest BCUT2D eigenvalue weighted by atomic mass is 16.5. The minimum atomic E-state index is -1.19.